The van der Waals surface area contributed by atoms with Crippen molar-refractivity contribution in [1.29, 1.82) is 0 Å². The number of nitro groups is 1. The third-order valence-corrected chi connectivity index (χ3v) is 3.74. The summed E-state index contributed by atoms with van der Waals surface area (Å²) in [6.45, 7) is 4.65. The molecule has 3 N–H and O–H groups in total. The molecular formula is C19H20N4O5S. The SMILES string of the molecule is CC(C)COc1ccc(C(=O)NNC(=S)NC(=O)c2cccc([N+](=O)[O-])c2)cc1. The summed E-state index contributed by atoms with van der Waals surface area (Å²) < 4.78 is 5.55. The molecule has 2 aromatic carbocycles. The quantitative estimate of drug-likeness (QED) is 0.376. The first-order valence-electron chi connectivity index (χ1n) is 8.65. The van der Waals surface area contributed by atoms with Gasteiger partial charge < -0.3 is 4.74 Å². The van der Waals surface area contributed by atoms with Gasteiger partial charge in [-0.2, -0.15) is 0 Å². The zero-order valence-corrected chi connectivity index (χ0v) is 16.6. The second-order valence-electron chi connectivity index (χ2n) is 6.40. The van der Waals surface area contributed by atoms with Crippen LogP contribution in [0.2, 0.25) is 0 Å². The summed E-state index contributed by atoms with van der Waals surface area (Å²) >= 11 is 4.95. The molecule has 0 fully saturated rings. The third kappa shape index (κ3) is 6.85. The van der Waals surface area contributed by atoms with Crippen molar-refractivity contribution in [3.8, 4) is 5.75 Å². The van der Waals surface area contributed by atoms with Crippen LogP contribution in [0.1, 0.15) is 34.6 Å². The number of hydrogen-bond donors (Lipinski definition) is 3. The number of carbonyl (C=O) groups excluding carboxylic acids is 2. The Morgan fingerprint density at radius 3 is 2.38 bits per heavy atom. The van der Waals surface area contributed by atoms with Crippen LogP contribution in [0.5, 0.6) is 5.75 Å². The highest BCUT2D eigenvalue weighted by atomic mass is 32.1. The van der Waals surface area contributed by atoms with Crippen LogP contribution in [0, 0.1) is 16.0 Å². The van der Waals surface area contributed by atoms with Crippen molar-refractivity contribution in [3.05, 3.63) is 69.8 Å². The van der Waals surface area contributed by atoms with Crippen LogP contribution in [-0.2, 0) is 0 Å². The molecule has 9 nitrogen and oxygen atoms in total. The zero-order chi connectivity index (χ0) is 21.4. The summed E-state index contributed by atoms with van der Waals surface area (Å²) in [5.74, 6) is -0.0668. The van der Waals surface area contributed by atoms with Gasteiger partial charge in [0.15, 0.2) is 5.11 Å². The molecule has 152 valence electrons. The lowest BCUT2D eigenvalue weighted by Crippen LogP contribution is -2.48. The van der Waals surface area contributed by atoms with Gasteiger partial charge in [0.05, 0.1) is 11.5 Å². The molecule has 0 aliphatic heterocycles. The van der Waals surface area contributed by atoms with Crippen molar-refractivity contribution in [2.24, 2.45) is 5.92 Å². The second kappa shape index (κ2) is 10.1. The lowest BCUT2D eigenvalue weighted by Gasteiger charge is -2.12. The van der Waals surface area contributed by atoms with Gasteiger partial charge in [0.1, 0.15) is 5.75 Å². The number of benzene rings is 2. The standard InChI is InChI=1S/C19H20N4O5S/c1-12(2)11-28-16-8-6-13(7-9-16)18(25)21-22-19(29)20-17(24)14-4-3-5-15(10-14)23(26)27/h3-10,12H,11H2,1-2H3,(H,21,25)(H2,20,22,24,29). The summed E-state index contributed by atoms with van der Waals surface area (Å²) in [7, 11) is 0. The van der Waals surface area contributed by atoms with Crippen LogP contribution < -0.4 is 20.9 Å². The zero-order valence-electron chi connectivity index (χ0n) is 15.8. The van der Waals surface area contributed by atoms with Gasteiger partial charge in [-0.05, 0) is 48.5 Å². The van der Waals surface area contributed by atoms with E-state index in [0.29, 0.717) is 23.8 Å². The topological polar surface area (TPSA) is 123 Å². The molecule has 0 heterocycles. The molecule has 0 aliphatic carbocycles. The Bertz CT molecular complexity index is 915. The van der Waals surface area contributed by atoms with Crippen molar-refractivity contribution in [3.63, 3.8) is 0 Å². The minimum Gasteiger partial charge on any atom is -0.493 e. The van der Waals surface area contributed by atoms with Gasteiger partial charge in [-0.1, -0.05) is 19.9 Å². The van der Waals surface area contributed by atoms with Gasteiger partial charge in [0, 0.05) is 23.3 Å². The molecule has 0 atom stereocenters. The van der Waals surface area contributed by atoms with Crippen LogP contribution in [0.25, 0.3) is 0 Å². The van der Waals surface area contributed by atoms with E-state index >= 15 is 0 Å². The highest BCUT2D eigenvalue weighted by molar-refractivity contribution is 7.80. The molecule has 2 amide bonds. The van der Waals surface area contributed by atoms with Crippen molar-refractivity contribution in [1.82, 2.24) is 16.2 Å². The molecule has 0 spiro atoms. The molecule has 0 saturated carbocycles. The highest BCUT2D eigenvalue weighted by Gasteiger charge is 2.13. The number of amides is 2. The van der Waals surface area contributed by atoms with Gasteiger partial charge in [-0.3, -0.25) is 35.9 Å². The highest BCUT2D eigenvalue weighted by Crippen LogP contribution is 2.14. The number of ether oxygens (including phenoxy) is 1. The Kier molecular flexibility index (Phi) is 7.61. The molecule has 0 aromatic heterocycles. The Morgan fingerprint density at radius 2 is 1.76 bits per heavy atom. The predicted octanol–water partition coefficient (Wildman–Crippen LogP) is 2.58. The van der Waals surface area contributed by atoms with E-state index < -0.39 is 16.7 Å². The predicted molar refractivity (Wildman–Crippen MR) is 111 cm³/mol. The number of rotatable bonds is 6. The molecular weight excluding hydrogens is 396 g/mol. The molecule has 2 aromatic rings. The Balaban J connectivity index is 1.85. The number of non-ortho nitro benzene ring substituents is 1. The molecule has 10 heteroatoms. The fourth-order valence-corrected chi connectivity index (χ4v) is 2.26. The van der Waals surface area contributed by atoms with Crippen LogP contribution in [0.15, 0.2) is 48.5 Å². The average molecular weight is 416 g/mol. The van der Waals surface area contributed by atoms with E-state index in [1.165, 1.54) is 18.2 Å². The number of nitrogens with one attached hydrogen (secondary N) is 3. The first-order chi connectivity index (χ1) is 13.8. The van der Waals surface area contributed by atoms with Crippen molar-refractivity contribution < 1.29 is 19.2 Å². The van der Waals surface area contributed by atoms with E-state index in [-0.39, 0.29) is 16.4 Å². The van der Waals surface area contributed by atoms with Crippen molar-refractivity contribution >= 4 is 34.8 Å². The van der Waals surface area contributed by atoms with E-state index in [9.17, 15) is 19.7 Å². The number of carbonyl (C=O) groups is 2. The molecule has 29 heavy (non-hydrogen) atoms. The molecule has 2 rings (SSSR count). The van der Waals surface area contributed by atoms with Gasteiger partial charge in [-0.25, -0.2) is 0 Å². The van der Waals surface area contributed by atoms with Gasteiger partial charge in [0.2, 0.25) is 0 Å². The van der Waals surface area contributed by atoms with Crippen molar-refractivity contribution in [2.75, 3.05) is 6.61 Å². The summed E-state index contributed by atoms with van der Waals surface area (Å²) in [5.41, 5.74) is 4.98. The fraction of sp³-hybridized carbons (Fsp3) is 0.211. The number of hydrazine groups is 1. The van der Waals surface area contributed by atoms with E-state index in [4.69, 9.17) is 17.0 Å². The van der Waals surface area contributed by atoms with E-state index in [1.54, 1.807) is 24.3 Å². The summed E-state index contributed by atoms with van der Waals surface area (Å²) in [4.78, 5) is 34.4. The van der Waals surface area contributed by atoms with Crippen LogP contribution in [0.3, 0.4) is 0 Å². The largest absolute Gasteiger partial charge is 0.493 e. The molecule has 0 bridgehead atoms. The fourth-order valence-electron chi connectivity index (χ4n) is 2.12. The molecule has 0 aliphatic rings. The summed E-state index contributed by atoms with van der Waals surface area (Å²) in [6, 6.07) is 11.7. The van der Waals surface area contributed by atoms with Crippen LogP contribution >= 0.6 is 12.2 Å². The van der Waals surface area contributed by atoms with E-state index in [2.05, 4.69) is 16.2 Å². The lowest BCUT2D eigenvalue weighted by atomic mass is 10.2. The molecule has 0 saturated heterocycles. The summed E-state index contributed by atoms with van der Waals surface area (Å²) in [5, 5.41) is 12.9. The van der Waals surface area contributed by atoms with Crippen molar-refractivity contribution in [2.45, 2.75) is 13.8 Å². The Morgan fingerprint density at radius 1 is 1.07 bits per heavy atom. The minimum absolute atomic E-state index is 0.0617. The Hall–Kier alpha value is -3.53. The number of nitrogens with zero attached hydrogens (tertiary/aromatic N) is 1. The number of thiocarbonyl (C=S) groups is 1. The van der Waals surface area contributed by atoms with Crippen LogP contribution in [-0.4, -0.2) is 28.5 Å². The molecule has 0 radical (unpaired) electrons. The van der Waals surface area contributed by atoms with E-state index in [1.807, 2.05) is 13.8 Å². The monoisotopic (exact) mass is 416 g/mol. The van der Waals surface area contributed by atoms with Gasteiger partial charge in [-0.15, -0.1) is 0 Å². The first kappa shape index (κ1) is 21.8. The van der Waals surface area contributed by atoms with E-state index in [0.717, 1.165) is 6.07 Å². The smallest absolute Gasteiger partial charge is 0.270 e. The van der Waals surface area contributed by atoms with Gasteiger partial charge >= 0.3 is 0 Å². The number of hydrogen-bond acceptors (Lipinski definition) is 6. The molecule has 0 unspecified atom stereocenters. The normalized spacial score (nSPS) is 10.2. The van der Waals surface area contributed by atoms with Crippen LogP contribution in [0.4, 0.5) is 5.69 Å². The number of nitro benzene ring substituents is 1. The third-order valence-electron chi connectivity index (χ3n) is 3.54. The Labute approximate surface area is 172 Å². The maximum absolute atomic E-state index is 12.1. The average Bonchev–Trinajstić information content (AvgIpc) is 2.70. The summed E-state index contributed by atoms with van der Waals surface area (Å²) in [6.07, 6.45) is 0. The van der Waals surface area contributed by atoms with Gasteiger partial charge in [0.25, 0.3) is 17.5 Å². The maximum Gasteiger partial charge on any atom is 0.270 e. The first-order valence-corrected chi connectivity index (χ1v) is 9.06. The minimum atomic E-state index is -0.646. The lowest BCUT2D eigenvalue weighted by molar-refractivity contribution is -0.384. The maximum atomic E-state index is 12.1. The second-order valence-corrected chi connectivity index (χ2v) is 6.81.